The summed E-state index contributed by atoms with van der Waals surface area (Å²) in [5, 5.41) is 8.27. The summed E-state index contributed by atoms with van der Waals surface area (Å²) >= 11 is 0. The van der Waals surface area contributed by atoms with Gasteiger partial charge in [0.05, 0.1) is 12.3 Å². The van der Waals surface area contributed by atoms with Gasteiger partial charge in [-0.25, -0.2) is 0 Å². The molecule has 0 aromatic carbocycles. The first-order valence-corrected chi connectivity index (χ1v) is 2.53. The Kier molecular flexibility index (Phi) is 3.77. The molecule has 54 valence electrons. The van der Waals surface area contributed by atoms with Gasteiger partial charge in [0.2, 0.25) is 0 Å². The van der Waals surface area contributed by atoms with E-state index in [1.54, 1.807) is 12.1 Å². The van der Waals surface area contributed by atoms with Crippen LogP contribution in [0.4, 0.5) is 0 Å². The summed E-state index contributed by atoms with van der Waals surface area (Å²) in [5.74, 6) is 0.512. The normalized spacial score (nSPS) is 11.2. The zero-order chi connectivity index (χ0) is 6.69. The van der Waals surface area contributed by atoms with Crippen LogP contribution in [-0.4, -0.2) is 0 Å². The van der Waals surface area contributed by atoms with E-state index in [2.05, 4.69) is 0 Å². The van der Waals surface area contributed by atoms with Gasteiger partial charge in [0, 0.05) is 0 Å². The molecule has 4 heteroatoms. The van der Waals surface area contributed by atoms with Crippen LogP contribution in [0.25, 0.3) is 0 Å². The first kappa shape index (κ1) is 9.21. The van der Waals surface area contributed by atoms with Crippen LogP contribution in [0.5, 0.6) is 0 Å². The summed E-state index contributed by atoms with van der Waals surface area (Å²) in [6, 6.07) is 4.60. The molecule has 0 amide bonds. The van der Waals surface area contributed by atoms with E-state index in [4.69, 9.17) is 15.4 Å². The second-order valence-corrected chi connectivity index (χ2v) is 1.62. The Morgan fingerprint density at radius 2 is 2.40 bits per heavy atom. The van der Waals surface area contributed by atoms with Crippen LogP contribution in [0.15, 0.2) is 22.8 Å². The average molecular weight is 203 g/mol. The predicted octanol–water partition coefficient (Wildman–Crippen LogP) is 1.38. The molecule has 1 aromatic heterocycles. The second kappa shape index (κ2) is 4.09. The Balaban J connectivity index is 0.000000810. The van der Waals surface area contributed by atoms with Gasteiger partial charge in [-0.1, -0.05) is 0 Å². The highest BCUT2D eigenvalue weighted by atomic mass is 79.9. The number of furan rings is 1. The molecule has 1 rings (SSSR count). The number of hydrogen-bond donors (Lipinski definition) is 1. The molecule has 0 radical (unpaired) electrons. The summed E-state index contributed by atoms with van der Waals surface area (Å²) in [7, 11) is 0. The summed E-state index contributed by atoms with van der Waals surface area (Å²) < 4.78 is 4.84. The second-order valence-electron chi connectivity index (χ2n) is 1.62. The lowest BCUT2D eigenvalue weighted by molar-refractivity contribution is 0.497. The van der Waals surface area contributed by atoms with Crippen LogP contribution in [0.1, 0.15) is 11.8 Å². The lowest BCUT2D eigenvalue weighted by Crippen LogP contribution is -2.05. The third-order valence-electron chi connectivity index (χ3n) is 0.989. The van der Waals surface area contributed by atoms with Crippen molar-refractivity contribution in [1.29, 1.82) is 5.26 Å². The average Bonchev–Trinajstić information content (AvgIpc) is 2.37. The zero-order valence-corrected chi connectivity index (χ0v) is 6.86. The van der Waals surface area contributed by atoms with Crippen LogP contribution in [0.3, 0.4) is 0 Å². The summed E-state index contributed by atoms with van der Waals surface area (Å²) in [6.45, 7) is 0. The first-order chi connectivity index (χ1) is 4.34. The summed E-state index contributed by atoms with van der Waals surface area (Å²) in [5.41, 5.74) is 5.28. The molecule has 0 bridgehead atoms. The maximum Gasteiger partial charge on any atom is 0.151 e. The van der Waals surface area contributed by atoms with Crippen LogP contribution < -0.4 is 5.73 Å². The van der Waals surface area contributed by atoms with Gasteiger partial charge in [0.25, 0.3) is 0 Å². The minimum Gasteiger partial charge on any atom is -0.467 e. The Morgan fingerprint density at radius 3 is 2.80 bits per heavy atom. The molecule has 3 nitrogen and oxygen atoms in total. The first-order valence-electron chi connectivity index (χ1n) is 2.53. The Hall–Kier alpha value is -0.790. The summed E-state index contributed by atoms with van der Waals surface area (Å²) in [4.78, 5) is 0. The van der Waals surface area contributed by atoms with Gasteiger partial charge in [0.15, 0.2) is 6.04 Å². The molecule has 0 spiro atoms. The van der Waals surface area contributed by atoms with Crippen LogP contribution in [0.2, 0.25) is 0 Å². The zero-order valence-electron chi connectivity index (χ0n) is 5.15. The fourth-order valence-corrected chi connectivity index (χ4v) is 0.532. The van der Waals surface area contributed by atoms with Gasteiger partial charge in [-0.3, -0.25) is 0 Å². The number of nitrogens with zero attached hydrogens (tertiary/aromatic N) is 1. The number of halogens is 1. The maximum absolute atomic E-state index is 8.27. The number of hydrogen-bond acceptors (Lipinski definition) is 3. The van der Waals surface area contributed by atoms with E-state index in [1.807, 2.05) is 6.07 Å². The van der Waals surface area contributed by atoms with E-state index in [0.29, 0.717) is 5.76 Å². The van der Waals surface area contributed by atoms with Gasteiger partial charge >= 0.3 is 0 Å². The van der Waals surface area contributed by atoms with Crippen molar-refractivity contribution in [3.05, 3.63) is 24.2 Å². The Labute approximate surface area is 69.2 Å². The van der Waals surface area contributed by atoms with E-state index in [1.165, 1.54) is 6.26 Å². The third-order valence-corrected chi connectivity index (χ3v) is 0.989. The van der Waals surface area contributed by atoms with Gasteiger partial charge < -0.3 is 10.2 Å². The molecule has 0 fully saturated rings. The SMILES string of the molecule is Br.N#CC(N)c1ccco1. The van der Waals surface area contributed by atoms with Gasteiger partial charge in [-0.05, 0) is 12.1 Å². The largest absolute Gasteiger partial charge is 0.467 e. The minimum absolute atomic E-state index is 0. The molecular weight excluding hydrogens is 196 g/mol. The molecule has 0 saturated heterocycles. The molecule has 10 heavy (non-hydrogen) atoms. The molecular formula is C6H7BrN2O. The van der Waals surface area contributed by atoms with Crippen LogP contribution in [0, 0.1) is 11.3 Å². The minimum atomic E-state index is -0.625. The molecule has 2 N–H and O–H groups in total. The molecule has 0 aliphatic rings. The van der Waals surface area contributed by atoms with Gasteiger partial charge in [-0.15, -0.1) is 17.0 Å². The molecule has 1 heterocycles. The highest BCUT2D eigenvalue weighted by Crippen LogP contribution is 2.07. The van der Waals surface area contributed by atoms with Crippen molar-refractivity contribution in [3.8, 4) is 6.07 Å². The fourth-order valence-electron chi connectivity index (χ4n) is 0.532. The smallest absolute Gasteiger partial charge is 0.151 e. The number of rotatable bonds is 1. The van der Waals surface area contributed by atoms with E-state index >= 15 is 0 Å². The third kappa shape index (κ3) is 1.87. The predicted molar refractivity (Wildman–Crippen MR) is 41.6 cm³/mol. The highest BCUT2D eigenvalue weighted by molar-refractivity contribution is 8.93. The lowest BCUT2D eigenvalue weighted by atomic mass is 10.3. The maximum atomic E-state index is 8.27. The summed E-state index contributed by atoms with van der Waals surface area (Å²) in [6.07, 6.45) is 1.49. The molecule has 0 aliphatic heterocycles. The van der Waals surface area contributed by atoms with Crippen molar-refractivity contribution in [3.63, 3.8) is 0 Å². The van der Waals surface area contributed by atoms with Gasteiger partial charge in [0.1, 0.15) is 5.76 Å². The van der Waals surface area contributed by atoms with E-state index in [-0.39, 0.29) is 17.0 Å². The standard InChI is InChI=1S/C6H6N2O.BrH/c7-4-5(8)6-2-1-3-9-6;/h1-3,5H,8H2;1H. The van der Waals surface area contributed by atoms with Crippen molar-refractivity contribution >= 4 is 17.0 Å². The quantitative estimate of drug-likeness (QED) is 0.749. The Bertz CT molecular complexity index is 214. The number of nitrogens with two attached hydrogens (primary N) is 1. The van der Waals surface area contributed by atoms with Crippen LogP contribution >= 0.6 is 17.0 Å². The lowest BCUT2D eigenvalue weighted by Gasteiger charge is -1.92. The molecule has 1 unspecified atom stereocenters. The van der Waals surface area contributed by atoms with Crippen molar-refractivity contribution in [2.45, 2.75) is 6.04 Å². The van der Waals surface area contributed by atoms with E-state index < -0.39 is 6.04 Å². The Morgan fingerprint density at radius 1 is 1.70 bits per heavy atom. The van der Waals surface area contributed by atoms with Gasteiger partial charge in [-0.2, -0.15) is 5.26 Å². The van der Waals surface area contributed by atoms with Crippen molar-refractivity contribution in [2.24, 2.45) is 5.73 Å². The topological polar surface area (TPSA) is 63.0 Å². The molecule has 1 atom stereocenters. The fraction of sp³-hybridized carbons (Fsp3) is 0.167. The molecule has 0 aliphatic carbocycles. The van der Waals surface area contributed by atoms with Crippen molar-refractivity contribution < 1.29 is 4.42 Å². The van der Waals surface area contributed by atoms with Crippen molar-refractivity contribution in [1.82, 2.24) is 0 Å². The monoisotopic (exact) mass is 202 g/mol. The van der Waals surface area contributed by atoms with E-state index in [9.17, 15) is 0 Å². The van der Waals surface area contributed by atoms with Crippen molar-refractivity contribution in [2.75, 3.05) is 0 Å². The van der Waals surface area contributed by atoms with E-state index in [0.717, 1.165) is 0 Å². The number of nitriles is 1. The van der Waals surface area contributed by atoms with Crippen LogP contribution in [-0.2, 0) is 0 Å². The molecule has 0 saturated carbocycles. The highest BCUT2D eigenvalue weighted by Gasteiger charge is 2.04. The molecule has 1 aromatic rings.